The molecular formula is C37H42ClN11O5. The highest BCUT2D eigenvalue weighted by atomic mass is 35.5. The van der Waals surface area contributed by atoms with Crippen LogP contribution in [0.3, 0.4) is 0 Å². The maximum atomic E-state index is 12.2. The van der Waals surface area contributed by atoms with Crippen LogP contribution in [0.25, 0.3) is 33.0 Å². The minimum absolute atomic E-state index is 0.0926. The number of hydroxylamine groups is 1. The average molecular weight is 756 g/mol. The molecule has 0 aliphatic rings. The second-order valence-corrected chi connectivity index (χ2v) is 12.9. The van der Waals surface area contributed by atoms with E-state index in [9.17, 15) is 14.9 Å². The lowest BCUT2D eigenvalue weighted by atomic mass is 10.1. The van der Waals surface area contributed by atoms with E-state index in [4.69, 9.17) is 31.9 Å². The van der Waals surface area contributed by atoms with Gasteiger partial charge in [-0.1, -0.05) is 11.6 Å². The van der Waals surface area contributed by atoms with Gasteiger partial charge in [-0.05, 0) is 93.8 Å². The fraction of sp³-hybridized carbons (Fsp3) is 0.324. The number of hydrogen-bond acceptors (Lipinski definition) is 14. The second kappa shape index (κ2) is 18.9. The van der Waals surface area contributed by atoms with Crippen molar-refractivity contribution in [1.29, 1.82) is 0 Å². The van der Waals surface area contributed by atoms with Crippen LogP contribution in [-0.2, 0) is 11.4 Å². The Bertz CT molecular complexity index is 2200. The number of rotatable bonds is 21. The zero-order valence-electron chi connectivity index (χ0n) is 29.6. The lowest BCUT2D eigenvalue weighted by Gasteiger charge is -2.15. The molecule has 0 atom stereocenters. The molecule has 3 heterocycles. The minimum Gasteiger partial charge on any atom is -0.494 e. The third kappa shape index (κ3) is 10.0. The van der Waals surface area contributed by atoms with Gasteiger partial charge in [-0.3, -0.25) is 10.1 Å². The van der Waals surface area contributed by atoms with Crippen LogP contribution in [0.5, 0.6) is 5.75 Å². The molecule has 16 nitrogen and oxygen atoms in total. The van der Waals surface area contributed by atoms with Gasteiger partial charge >= 0.3 is 5.97 Å². The zero-order chi connectivity index (χ0) is 37.7. The lowest BCUT2D eigenvalue weighted by Crippen LogP contribution is -2.25. The first kappa shape index (κ1) is 38.1. The van der Waals surface area contributed by atoms with E-state index in [1.807, 2.05) is 41.0 Å². The van der Waals surface area contributed by atoms with Crippen molar-refractivity contribution < 1.29 is 19.3 Å². The highest BCUT2D eigenvalue weighted by Gasteiger charge is 2.13. The summed E-state index contributed by atoms with van der Waals surface area (Å²) in [6.45, 7) is 5.90. The Labute approximate surface area is 315 Å². The molecule has 3 aromatic carbocycles. The van der Waals surface area contributed by atoms with Gasteiger partial charge in [-0.2, -0.15) is 5.48 Å². The first-order valence-corrected chi connectivity index (χ1v) is 18.2. The maximum Gasteiger partial charge on any atom is 0.356 e. The zero-order valence-corrected chi connectivity index (χ0v) is 30.3. The highest BCUT2D eigenvalue weighted by molar-refractivity contribution is 6.31. The monoisotopic (exact) mass is 755 g/mol. The Morgan fingerprint density at radius 3 is 2.46 bits per heavy atom. The predicted molar refractivity (Wildman–Crippen MR) is 209 cm³/mol. The first-order chi connectivity index (χ1) is 26.4. The number of non-ortho nitro benzene ring substituents is 1. The van der Waals surface area contributed by atoms with Gasteiger partial charge in [0, 0.05) is 54.1 Å². The number of nitrogens with two attached hydrogens (primary N) is 1. The van der Waals surface area contributed by atoms with E-state index < -0.39 is 10.9 Å². The first-order valence-electron chi connectivity index (χ1n) is 17.8. The van der Waals surface area contributed by atoms with Gasteiger partial charge in [-0.15, -0.1) is 0 Å². The number of nitro groups is 1. The number of nitrogens with one attached hydrogen (secondary N) is 4. The van der Waals surface area contributed by atoms with Gasteiger partial charge in [0.05, 0.1) is 40.1 Å². The molecule has 6 rings (SSSR count). The standard InChI is InChI=1S/C37H42ClN11O5/c38-26-7-11-29-32(21-26)47-31-12-10-28(53-20-2-1-17-46-54-37(50)25-5-8-27(9-6-25)49(51)52)22-30(31)33(29)42-16-4-15-40-13-3-14-41-18-19-48-24-45-34-35(39)43-23-44-36(34)48/h5-12,21-24,40-41,46H,1-4,13-20H2,(H,42,47)(H2,39,43,44). The smallest absolute Gasteiger partial charge is 0.356 e. The number of nitrogens with zero attached hydrogens (tertiary/aromatic N) is 6. The summed E-state index contributed by atoms with van der Waals surface area (Å²) >= 11 is 6.32. The number of nitro benzene ring substituents is 1. The summed E-state index contributed by atoms with van der Waals surface area (Å²) in [6.07, 6.45) is 6.55. The van der Waals surface area contributed by atoms with E-state index in [1.165, 1.54) is 30.6 Å². The fourth-order valence-corrected chi connectivity index (χ4v) is 6.00. The molecule has 6 N–H and O–H groups in total. The van der Waals surface area contributed by atoms with Crippen LogP contribution in [0.4, 0.5) is 17.2 Å². The van der Waals surface area contributed by atoms with Gasteiger partial charge in [0.2, 0.25) is 0 Å². The number of fused-ring (bicyclic) bond motifs is 3. The average Bonchev–Trinajstić information content (AvgIpc) is 3.60. The molecule has 17 heteroatoms. The Balaban J connectivity index is 0.908. The molecule has 0 saturated carbocycles. The number of nitrogen functional groups attached to an aromatic ring is 1. The van der Waals surface area contributed by atoms with Gasteiger partial charge in [-0.25, -0.2) is 24.7 Å². The van der Waals surface area contributed by atoms with Crippen LogP contribution in [0.1, 0.15) is 36.0 Å². The summed E-state index contributed by atoms with van der Waals surface area (Å²) in [5.41, 5.74) is 12.7. The summed E-state index contributed by atoms with van der Waals surface area (Å²) in [5, 5.41) is 24.0. The Hall–Kier alpha value is -5.68. The SMILES string of the molecule is Nc1ncnc2c1ncn2CCNCCCNCCCNc1c2ccc(Cl)cc2nc2ccc(OCCCCNOC(=O)c3ccc([N+](=O)[O-])cc3)cc12. The maximum absolute atomic E-state index is 12.2. The summed E-state index contributed by atoms with van der Waals surface area (Å²) in [4.78, 5) is 44.9. The van der Waals surface area contributed by atoms with Crippen LogP contribution < -0.4 is 31.9 Å². The third-order valence-corrected chi connectivity index (χ3v) is 8.86. The number of carbonyl (C=O) groups is 1. The van der Waals surface area contributed by atoms with Crippen molar-refractivity contribution in [1.82, 2.24) is 40.6 Å². The molecule has 0 bridgehead atoms. The van der Waals surface area contributed by atoms with Gasteiger partial charge in [0.1, 0.15) is 17.6 Å². The van der Waals surface area contributed by atoms with Crippen molar-refractivity contribution in [2.24, 2.45) is 0 Å². The molecule has 0 saturated heterocycles. The molecule has 3 aromatic heterocycles. The van der Waals surface area contributed by atoms with Crippen LogP contribution in [0, 0.1) is 10.1 Å². The number of anilines is 2. The van der Waals surface area contributed by atoms with Crippen LogP contribution >= 0.6 is 11.6 Å². The molecule has 6 aromatic rings. The van der Waals surface area contributed by atoms with Crippen molar-refractivity contribution in [3.05, 3.63) is 94.0 Å². The number of unbranched alkanes of at least 4 members (excludes halogenated alkanes) is 1. The molecule has 0 amide bonds. The number of imidazole rings is 1. The topological polar surface area (TPSA) is 209 Å². The van der Waals surface area contributed by atoms with E-state index in [-0.39, 0.29) is 11.3 Å². The van der Waals surface area contributed by atoms with Crippen molar-refractivity contribution in [2.45, 2.75) is 32.2 Å². The van der Waals surface area contributed by atoms with Crippen molar-refractivity contribution in [3.63, 3.8) is 0 Å². The number of aromatic nitrogens is 5. The summed E-state index contributed by atoms with van der Waals surface area (Å²) in [5.74, 6) is 0.510. The summed E-state index contributed by atoms with van der Waals surface area (Å²) in [7, 11) is 0. The van der Waals surface area contributed by atoms with Crippen molar-refractivity contribution in [2.75, 3.05) is 56.9 Å². The van der Waals surface area contributed by atoms with Crippen LogP contribution in [0.15, 0.2) is 73.3 Å². The number of carbonyl (C=O) groups excluding carboxylic acids is 1. The molecule has 282 valence electrons. The number of pyridine rings is 1. The van der Waals surface area contributed by atoms with Crippen LogP contribution in [0.2, 0.25) is 5.02 Å². The molecule has 0 aliphatic carbocycles. The largest absolute Gasteiger partial charge is 0.494 e. The Morgan fingerprint density at radius 2 is 1.65 bits per heavy atom. The number of benzene rings is 3. The number of ether oxygens (including phenoxy) is 1. The van der Waals surface area contributed by atoms with Crippen molar-refractivity contribution >= 4 is 67.7 Å². The van der Waals surface area contributed by atoms with Crippen LogP contribution in [-0.4, -0.2) is 81.3 Å². The molecule has 0 spiro atoms. The Kier molecular flexibility index (Phi) is 13.3. The highest BCUT2D eigenvalue weighted by Crippen LogP contribution is 2.34. The van der Waals surface area contributed by atoms with E-state index in [2.05, 4.69) is 36.4 Å². The van der Waals surface area contributed by atoms with E-state index >= 15 is 0 Å². The minimum atomic E-state index is -0.610. The van der Waals surface area contributed by atoms with E-state index in [0.717, 1.165) is 97.4 Å². The number of hydrogen-bond donors (Lipinski definition) is 5. The second-order valence-electron chi connectivity index (χ2n) is 12.5. The lowest BCUT2D eigenvalue weighted by molar-refractivity contribution is -0.384. The normalized spacial score (nSPS) is 11.4. The van der Waals surface area contributed by atoms with Crippen molar-refractivity contribution in [3.8, 4) is 5.75 Å². The van der Waals surface area contributed by atoms with Gasteiger partial charge in [0.15, 0.2) is 11.5 Å². The molecule has 0 fully saturated rings. The quantitative estimate of drug-likeness (QED) is 0.0275. The van der Waals surface area contributed by atoms with E-state index in [0.29, 0.717) is 35.9 Å². The summed E-state index contributed by atoms with van der Waals surface area (Å²) < 4.78 is 8.05. The predicted octanol–water partition coefficient (Wildman–Crippen LogP) is 5.26. The number of halogens is 1. The molecular weight excluding hydrogens is 714 g/mol. The van der Waals surface area contributed by atoms with Gasteiger partial charge < -0.3 is 35.8 Å². The molecule has 0 radical (unpaired) electrons. The Morgan fingerprint density at radius 1 is 0.852 bits per heavy atom. The van der Waals surface area contributed by atoms with Gasteiger partial charge in [0.25, 0.3) is 5.69 Å². The molecule has 54 heavy (non-hydrogen) atoms. The molecule has 0 aliphatic heterocycles. The molecule has 0 unspecified atom stereocenters. The fourth-order valence-electron chi connectivity index (χ4n) is 5.84. The summed E-state index contributed by atoms with van der Waals surface area (Å²) in [6, 6.07) is 16.8. The van der Waals surface area contributed by atoms with E-state index in [1.54, 1.807) is 6.33 Å². The third-order valence-electron chi connectivity index (χ3n) is 8.63.